The van der Waals surface area contributed by atoms with Gasteiger partial charge in [0.05, 0.1) is 13.0 Å². The second-order valence-corrected chi connectivity index (χ2v) is 5.24. The van der Waals surface area contributed by atoms with Gasteiger partial charge in [0.2, 0.25) is 0 Å². The van der Waals surface area contributed by atoms with E-state index in [-0.39, 0.29) is 24.2 Å². The van der Waals surface area contributed by atoms with Crippen molar-refractivity contribution < 1.29 is 23.9 Å². The molecule has 2 atom stereocenters. The molecule has 0 amide bonds. The molecule has 0 aromatic rings. The van der Waals surface area contributed by atoms with Crippen LogP contribution in [0.5, 0.6) is 0 Å². The molecule has 0 spiro atoms. The predicted molar refractivity (Wildman–Crippen MR) is 73.0 cm³/mol. The van der Waals surface area contributed by atoms with Crippen molar-refractivity contribution in [1.29, 1.82) is 0 Å². The van der Waals surface area contributed by atoms with E-state index in [1.54, 1.807) is 0 Å². The van der Waals surface area contributed by atoms with Crippen molar-refractivity contribution in [2.75, 3.05) is 7.11 Å². The molecular formula is C15H24O5. The zero-order valence-electron chi connectivity index (χ0n) is 12.4. The molecule has 0 aromatic heterocycles. The SMILES string of the molecule is CCCCCC1C(=O)CCCC1OC(=O)CC(=O)OC. The zero-order valence-corrected chi connectivity index (χ0v) is 12.4. The van der Waals surface area contributed by atoms with Gasteiger partial charge in [-0.3, -0.25) is 14.4 Å². The molecule has 0 saturated heterocycles. The fourth-order valence-corrected chi connectivity index (χ4v) is 2.57. The van der Waals surface area contributed by atoms with Crippen LogP contribution in [0.1, 0.15) is 58.3 Å². The first-order valence-electron chi connectivity index (χ1n) is 7.37. The lowest BCUT2D eigenvalue weighted by atomic mass is 9.82. The van der Waals surface area contributed by atoms with Gasteiger partial charge < -0.3 is 9.47 Å². The summed E-state index contributed by atoms with van der Waals surface area (Å²) in [5.41, 5.74) is 0. The summed E-state index contributed by atoms with van der Waals surface area (Å²) < 4.78 is 9.75. The van der Waals surface area contributed by atoms with E-state index in [2.05, 4.69) is 11.7 Å². The van der Waals surface area contributed by atoms with Crippen LogP contribution in [0.3, 0.4) is 0 Å². The molecule has 0 radical (unpaired) electrons. The van der Waals surface area contributed by atoms with E-state index in [1.165, 1.54) is 7.11 Å². The summed E-state index contributed by atoms with van der Waals surface area (Å²) >= 11 is 0. The van der Waals surface area contributed by atoms with Crippen molar-refractivity contribution in [3.05, 3.63) is 0 Å². The molecule has 20 heavy (non-hydrogen) atoms. The number of esters is 2. The van der Waals surface area contributed by atoms with E-state index in [0.717, 1.165) is 32.1 Å². The first-order chi connectivity index (χ1) is 9.58. The minimum Gasteiger partial charge on any atom is -0.469 e. The average Bonchev–Trinajstić information content (AvgIpc) is 2.41. The molecule has 2 unspecified atom stereocenters. The second kappa shape index (κ2) is 8.72. The van der Waals surface area contributed by atoms with Gasteiger partial charge in [0, 0.05) is 6.42 Å². The average molecular weight is 284 g/mol. The highest BCUT2D eigenvalue weighted by molar-refractivity contribution is 5.91. The van der Waals surface area contributed by atoms with E-state index >= 15 is 0 Å². The molecular weight excluding hydrogens is 260 g/mol. The van der Waals surface area contributed by atoms with E-state index in [4.69, 9.17) is 4.74 Å². The number of carbonyl (C=O) groups excluding carboxylic acids is 3. The minimum atomic E-state index is -0.611. The van der Waals surface area contributed by atoms with Gasteiger partial charge in [-0.25, -0.2) is 0 Å². The van der Waals surface area contributed by atoms with E-state index < -0.39 is 11.9 Å². The lowest BCUT2D eigenvalue weighted by molar-refractivity contribution is -0.161. The van der Waals surface area contributed by atoms with Gasteiger partial charge in [-0.2, -0.15) is 0 Å². The molecule has 0 aliphatic heterocycles. The van der Waals surface area contributed by atoms with Gasteiger partial charge in [-0.1, -0.05) is 26.2 Å². The Labute approximate surface area is 120 Å². The van der Waals surface area contributed by atoms with Gasteiger partial charge in [-0.15, -0.1) is 0 Å². The van der Waals surface area contributed by atoms with Gasteiger partial charge >= 0.3 is 11.9 Å². The Kier molecular flexibility index (Phi) is 7.26. The second-order valence-electron chi connectivity index (χ2n) is 5.24. The van der Waals surface area contributed by atoms with Crippen molar-refractivity contribution in [3.8, 4) is 0 Å². The van der Waals surface area contributed by atoms with Crippen LogP contribution in [0.25, 0.3) is 0 Å². The number of hydrogen-bond donors (Lipinski definition) is 0. The molecule has 1 aliphatic rings. The molecule has 0 heterocycles. The Balaban J connectivity index is 2.52. The van der Waals surface area contributed by atoms with Crippen LogP contribution in [0.4, 0.5) is 0 Å². The summed E-state index contributed by atoms with van der Waals surface area (Å²) in [5.74, 6) is -1.23. The zero-order chi connectivity index (χ0) is 15.0. The number of carbonyl (C=O) groups is 3. The van der Waals surface area contributed by atoms with Crippen LogP contribution in [0.15, 0.2) is 0 Å². The van der Waals surface area contributed by atoms with Crippen LogP contribution in [-0.2, 0) is 23.9 Å². The first-order valence-corrected chi connectivity index (χ1v) is 7.37. The van der Waals surface area contributed by atoms with Crippen molar-refractivity contribution in [3.63, 3.8) is 0 Å². The van der Waals surface area contributed by atoms with Gasteiger partial charge in [0.1, 0.15) is 18.3 Å². The summed E-state index contributed by atoms with van der Waals surface area (Å²) in [5, 5.41) is 0. The van der Waals surface area contributed by atoms with E-state index in [0.29, 0.717) is 12.8 Å². The maximum absolute atomic E-state index is 12.0. The topological polar surface area (TPSA) is 69.7 Å². The summed E-state index contributed by atoms with van der Waals surface area (Å²) in [6.45, 7) is 2.11. The quantitative estimate of drug-likeness (QED) is 0.408. The minimum absolute atomic E-state index is 0.184. The van der Waals surface area contributed by atoms with E-state index in [9.17, 15) is 14.4 Å². The Bertz CT molecular complexity index is 350. The Morgan fingerprint density at radius 3 is 2.65 bits per heavy atom. The maximum Gasteiger partial charge on any atom is 0.317 e. The van der Waals surface area contributed by atoms with Crippen LogP contribution < -0.4 is 0 Å². The van der Waals surface area contributed by atoms with Crippen LogP contribution in [-0.4, -0.2) is 30.9 Å². The number of ether oxygens (including phenoxy) is 2. The van der Waals surface area contributed by atoms with Crippen molar-refractivity contribution in [2.24, 2.45) is 5.92 Å². The lowest BCUT2D eigenvalue weighted by Crippen LogP contribution is -2.36. The summed E-state index contributed by atoms with van der Waals surface area (Å²) in [6.07, 6.45) is 5.17. The molecule has 1 fully saturated rings. The van der Waals surface area contributed by atoms with E-state index in [1.807, 2.05) is 0 Å². The first kappa shape index (κ1) is 16.7. The largest absolute Gasteiger partial charge is 0.469 e. The number of unbranched alkanes of at least 4 members (excludes halogenated alkanes) is 2. The molecule has 0 aromatic carbocycles. The molecule has 5 heteroatoms. The number of ketones is 1. The highest BCUT2D eigenvalue weighted by Gasteiger charge is 2.34. The molecule has 1 rings (SSSR count). The Morgan fingerprint density at radius 2 is 2.00 bits per heavy atom. The Morgan fingerprint density at radius 1 is 1.25 bits per heavy atom. The van der Waals surface area contributed by atoms with Crippen molar-refractivity contribution in [1.82, 2.24) is 0 Å². The monoisotopic (exact) mass is 284 g/mol. The highest BCUT2D eigenvalue weighted by Crippen LogP contribution is 2.28. The summed E-state index contributed by atoms with van der Waals surface area (Å²) in [4.78, 5) is 34.6. The Hall–Kier alpha value is -1.39. The third kappa shape index (κ3) is 5.31. The molecule has 1 aliphatic carbocycles. The molecule has 0 N–H and O–H groups in total. The van der Waals surface area contributed by atoms with Crippen molar-refractivity contribution in [2.45, 2.75) is 64.4 Å². The molecule has 114 valence electrons. The van der Waals surface area contributed by atoms with Gasteiger partial charge in [0.25, 0.3) is 0 Å². The summed E-state index contributed by atoms with van der Waals surface area (Å²) in [7, 11) is 1.23. The van der Waals surface area contributed by atoms with Gasteiger partial charge in [0.15, 0.2) is 0 Å². The van der Waals surface area contributed by atoms with Crippen LogP contribution >= 0.6 is 0 Å². The highest BCUT2D eigenvalue weighted by atomic mass is 16.6. The van der Waals surface area contributed by atoms with Crippen LogP contribution in [0.2, 0.25) is 0 Å². The maximum atomic E-state index is 12.0. The fraction of sp³-hybridized carbons (Fsp3) is 0.800. The number of methoxy groups -OCH3 is 1. The molecule has 0 bridgehead atoms. The summed E-state index contributed by atoms with van der Waals surface area (Å²) in [6, 6.07) is 0. The normalized spacial score (nSPS) is 22.4. The predicted octanol–water partition coefficient (Wildman–Crippen LogP) is 2.41. The van der Waals surface area contributed by atoms with Gasteiger partial charge in [-0.05, 0) is 19.3 Å². The number of hydrogen-bond acceptors (Lipinski definition) is 5. The standard InChI is InChI=1S/C15H24O5/c1-3-4-5-7-11-12(16)8-6-9-13(11)20-15(18)10-14(17)19-2/h11,13H,3-10H2,1-2H3. The number of rotatable bonds is 7. The third-order valence-corrected chi connectivity index (χ3v) is 3.69. The lowest BCUT2D eigenvalue weighted by Gasteiger charge is -2.30. The smallest absolute Gasteiger partial charge is 0.317 e. The molecule has 1 saturated carbocycles. The number of Topliss-reactive ketones (excluding diaryl/α,β-unsaturated/α-hetero) is 1. The van der Waals surface area contributed by atoms with Crippen molar-refractivity contribution >= 4 is 17.7 Å². The molecule has 5 nitrogen and oxygen atoms in total. The third-order valence-electron chi connectivity index (χ3n) is 3.69. The fourth-order valence-electron chi connectivity index (χ4n) is 2.57. The van der Waals surface area contributed by atoms with Crippen LogP contribution in [0, 0.1) is 5.92 Å².